The van der Waals surface area contributed by atoms with Gasteiger partial charge in [0.15, 0.2) is 0 Å². The van der Waals surface area contributed by atoms with Gasteiger partial charge in [-0.15, -0.1) is 0 Å². The summed E-state index contributed by atoms with van der Waals surface area (Å²) in [6.45, 7) is 3.79. The molecule has 1 spiro atoms. The molecule has 3 unspecified atom stereocenters. The van der Waals surface area contributed by atoms with E-state index in [9.17, 15) is 64.2 Å². The summed E-state index contributed by atoms with van der Waals surface area (Å²) in [6, 6.07) is -3.15. The highest BCUT2D eigenvalue weighted by Crippen LogP contribution is 2.59. The fraction of sp³-hybridized carbons (Fsp3) is 0.690. The molecule has 7 rings (SSSR count). The number of hydrogen-bond donors (Lipinski definition) is 12. The second kappa shape index (κ2) is 16.3. The van der Waals surface area contributed by atoms with Gasteiger partial charge in [0.1, 0.15) is 5.76 Å². The Morgan fingerprint density at radius 1 is 0.820 bits per heavy atom. The number of carboxylic acid groups (broad SMARTS) is 5. The van der Waals surface area contributed by atoms with E-state index in [0.29, 0.717) is 17.0 Å². The number of carbonyl (C=O) groups excluding carboxylic acids is 2. The molecule has 0 aromatic rings. The average molecular weight is 855 g/mol. The third kappa shape index (κ3) is 7.94. The lowest BCUT2D eigenvalue weighted by Crippen LogP contribution is -2.61. The minimum absolute atomic E-state index is 0.00740. The van der Waals surface area contributed by atoms with Gasteiger partial charge in [-0.3, -0.25) is 38.9 Å². The second-order valence-corrected chi connectivity index (χ2v) is 19.0. The van der Waals surface area contributed by atoms with Crippen LogP contribution in [0.4, 0.5) is 0 Å². The van der Waals surface area contributed by atoms with Crippen LogP contribution in [-0.2, 0) is 33.6 Å². The van der Waals surface area contributed by atoms with Crippen molar-refractivity contribution in [2.45, 2.75) is 133 Å². The van der Waals surface area contributed by atoms with Gasteiger partial charge in [-0.25, -0.2) is 0 Å². The van der Waals surface area contributed by atoms with Gasteiger partial charge >= 0.3 is 29.8 Å². The summed E-state index contributed by atoms with van der Waals surface area (Å²) >= 11 is 0. The highest BCUT2D eigenvalue weighted by Gasteiger charge is 2.68. The molecule has 1 aliphatic carbocycles. The number of carbonyl (C=O) groups is 7. The van der Waals surface area contributed by atoms with Crippen molar-refractivity contribution in [2.24, 2.45) is 52.1 Å². The minimum Gasteiger partial charge on any atom is -0.508 e. The number of aliphatic hydroxyl groups excluding tert-OH is 1. The fourth-order valence-corrected chi connectivity index (χ4v) is 13.1. The number of primary amides is 1. The molecule has 14 atom stereocenters. The largest absolute Gasteiger partial charge is 0.508 e. The van der Waals surface area contributed by atoms with Gasteiger partial charge in [-0.2, -0.15) is 0 Å². The average Bonchev–Trinajstić information content (AvgIpc) is 3.83. The van der Waals surface area contributed by atoms with Gasteiger partial charge in [0.05, 0.1) is 24.5 Å². The number of aliphatic hydroxyl groups is 1. The molecule has 8 bridgehead atoms. The maximum absolute atomic E-state index is 13.6. The van der Waals surface area contributed by atoms with Crippen LogP contribution >= 0.6 is 0 Å². The molecule has 5 saturated heterocycles. The van der Waals surface area contributed by atoms with E-state index >= 15 is 0 Å². The molecule has 0 aromatic carbocycles. The maximum atomic E-state index is 13.6. The zero-order valence-electron chi connectivity index (χ0n) is 34.3. The van der Waals surface area contributed by atoms with Crippen LogP contribution in [0.5, 0.6) is 0 Å². The molecule has 0 aromatic heterocycles. The van der Waals surface area contributed by atoms with Gasteiger partial charge in [0, 0.05) is 96.9 Å². The molecule has 0 saturated carbocycles. The molecule has 19 nitrogen and oxygen atoms in total. The van der Waals surface area contributed by atoms with Crippen LogP contribution in [0, 0.1) is 46.3 Å². The van der Waals surface area contributed by atoms with E-state index in [-0.39, 0.29) is 88.7 Å². The molecular weight excluding hydrogens is 796 g/mol. The molecule has 13 N–H and O–H groups in total. The van der Waals surface area contributed by atoms with Gasteiger partial charge in [0.25, 0.3) is 0 Å². The fourth-order valence-electron chi connectivity index (χ4n) is 13.1. The topological polar surface area (TPSA) is 327 Å². The number of carboxylic acids is 5. The number of nitrogens with one attached hydrogen (secondary N) is 5. The standard InChI is InChI=1S/C42H58N6O13/c1-40(16-30(43)50)22(5-9-33(54)55)27-15-42-41(2,17-31(51)48-42)23(6-10-34(56)57)26(47-42)13-24-20(11-35(58)59)19(4-8-32(52)53)39(45-24)37-28(49)7-3-18-21(12-36(60)61)25(46-38(18)37)14-29(40)44-27/h7,13,18-23,25-27,29,39,44-47,49H,3-6,8-12,14-17H2,1-2H3,(H2,43,50)(H,48,51)(H,52,53)(H,54,55)(H,56,57)(H,58,59)(H,60,61)/b24-13-/t18-,19-,20-,21-,22+,23+,25+,26?,27-,29?,39?,40-,41-,42-/m0/s1. The predicted molar refractivity (Wildman–Crippen MR) is 213 cm³/mol. The van der Waals surface area contributed by atoms with Crippen LogP contribution in [0.3, 0.4) is 0 Å². The second-order valence-electron chi connectivity index (χ2n) is 19.0. The monoisotopic (exact) mass is 854 g/mol. The van der Waals surface area contributed by atoms with E-state index in [0.717, 1.165) is 0 Å². The summed E-state index contributed by atoms with van der Waals surface area (Å²) in [5.74, 6) is -9.89. The van der Waals surface area contributed by atoms with Gasteiger partial charge in [-0.05, 0) is 73.3 Å². The Morgan fingerprint density at radius 2 is 1.46 bits per heavy atom. The Kier molecular flexibility index (Phi) is 11.7. The number of amides is 2. The van der Waals surface area contributed by atoms with Crippen LogP contribution in [0.15, 0.2) is 34.9 Å². The summed E-state index contributed by atoms with van der Waals surface area (Å²) in [7, 11) is 0. The Balaban J connectivity index is 1.47. The van der Waals surface area contributed by atoms with Crippen LogP contribution in [-0.4, -0.2) is 108 Å². The third-order valence-electron chi connectivity index (χ3n) is 15.7. The quantitative estimate of drug-likeness (QED) is 0.111. The lowest BCUT2D eigenvalue weighted by atomic mass is 9.63. The van der Waals surface area contributed by atoms with Crippen molar-refractivity contribution in [2.75, 3.05) is 0 Å². The van der Waals surface area contributed by atoms with Crippen LogP contribution in [0.1, 0.15) is 97.3 Å². The van der Waals surface area contributed by atoms with Crippen molar-refractivity contribution in [3.63, 3.8) is 0 Å². The molecule has 6 heterocycles. The molecule has 334 valence electrons. The first-order chi connectivity index (χ1) is 28.7. The van der Waals surface area contributed by atoms with Crippen molar-refractivity contribution in [1.29, 1.82) is 0 Å². The van der Waals surface area contributed by atoms with E-state index in [4.69, 9.17) is 5.73 Å². The summed E-state index contributed by atoms with van der Waals surface area (Å²) in [6.07, 6.45) is 2.82. The first kappa shape index (κ1) is 43.9. The molecular formula is C42H58N6O13. The van der Waals surface area contributed by atoms with Crippen molar-refractivity contribution in [3.8, 4) is 0 Å². The Bertz CT molecular complexity index is 1990. The summed E-state index contributed by atoms with van der Waals surface area (Å²) in [4.78, 5) is 88.2. The minimum atomic E-state index is -1.22. The zero-order chi connectivity index (χ0) is 44.3. The van der Waals surface area contributed by atoms with Crippen molar-refractivity contribution in [1.82, 2.24) is 26.6 Å². The van der Waals surface area contributed by atoms with Gasteiger partial charge < -0.3 is 57.6 Å². The van der Waals surface area contributed by atoms with Crippen LogP contribution < -0.4 is 32.3 Å². The SMILES string of the molecule is C[C@@]12CC(=O)N[C@@]13C[C@@H]1NC(C[C@H]4NC5=C(C(O)=CC[C@H]5[C@@H]4CC(=O)O)C4N/C(=C\C(N3)[C@H]2CCC(=O)O)[C@@H](CC(=O)O)[C@@H]4CCC(=O)O)[C@@](C)(CC(N)=O)[C@@H]1CCC(=O)O. The first-order valence-corrected chi connectivity index (χ1v) is 21.3. The number of allylic oxidation sites excluding steroid dienone is 3. The van der Waals surface area contributed by atoms with E-state index in [1.54, 1.807) is 6.08 Å². The normalized spacial score (nSPS) is 40.5. The van der Waals surface area contributed by atoms with Gasteiger partial charge in [0.2, 0.25) is 11.8 Å². The number of hydrogen-bond acceptors (Lipinski definition) is 12. The molecule has 5 fully saturated rings. The van der Waals surface area contributed by atoms with Gasteiger partial charge in [-0.1, -0.05) is 13.8 Å². The summed E-state index contributed by atoms with van der Waals surface area (Å²) in [5.41, 5.74) is 4.19. The van der Waals surface area contributed by atoms with Crippen molar-refractivity contribution >= 4 is 41.7 Å². The highest BCUT2D eigenvalue weighted by molar-refractivity contribution is 5.81. The van der Waals surface area contributed by atoms with E-state index < -0.39 is 124 Å². The van der Waals surface area contributed by atoms with Crippen LogP contribution in [0.25, 0.3) is 0 Å². The van der Waals surface area contributed by atoms with E-state index in [1.165, 1.54) is 0 Å². The molecule has 2 amide bonds. The number of nitrogens with two attached hydrogens (primary N) is 1. The lowest BCUT2D eigenvalue weighted by molar-refractivity contribution is -0.139. The predicted octanol–water partition coefficient (Wildman–Crippen LogP) is 1.36. The molecule has 7 aliphatic rings. The lowest BCUT2D eigenvalue weighted by Gasteiger charge is -2.43. The zero-order valence-corrected chi connectivity index (χ0v) is 34.3. The molecule has 19 heteroatoms. The summed E-state index contributed by atoms with van der Waals surface area (Å²) < 4.78 is 0. The molecule has 61 heavy (non-hydrogen) atoms. The number of aliphatic carboxylic acids is 5. The highest BCUT2D eigenvalue weighted by atomic mass is 16.4. The molecule has 0 radical (unpaired) electrons. The van der Waals surface area contributed by atoms with Crippen LogP contribution in [0.2, 0.25) is 0 Å². The Morgan fingerprint density at radius 3 is 2.08 bits per heavy atom. The van der Waals surface area contributed by atoms with Crippen molar-refractivity contribution in [3.05, 3.63) is 34.9 Å². The maximum Gasteiger partial charge on any atom is 0.304 e. The Labute approximate surface area is 352 Å². The summed E-state index contributed by atoms with van der Waals surface area (Å²) in [5, 5.41) is 79.8. The van der Waals surface area contributed by atoms with E-state index in [2.05, 4.69) is 26.6 Å². The van der Waals surface area contributed by atoms with Crippen molar-refractivity contribution < 1.29 is 64.2 Å². The molecule has 6 aliphatic heterocycles. The third-order valence-corrected chi connectivity index (χ3v) is 15.7. The first-order valence-electron chi connectivity index (χ1n) is 21.3. The Hall–Kier alpha value is -5.17. The number of rotatable bonds is 15. The number of fused-ring (bicyclic) bond motifs is 7. The smallest absolute Gasteiger partial charge is 0.304 e. The van der Waals surface area contributed by atoms with E-state index in [1.807, 2.05) is 19.9 Å².